The molecule has 0 bridgehead atoms. The van der Waals surface area contributed by atoms with Crippen LogP contribution in [0.1, 0.15) is 30.1 Å². The number of ether oxygens (including phenoxy) is 2. The number of rotatable bonds is 8. The Morgan fingerprint density at radius 2 is 2.14 bits per heavy atom. The van der Waals surface area contributed by atoms with Crippen molar-refractivity contribution in [2.24, 2.45) is 5.92 Å². The molecule has 0 saturated heterocycles. The lowest BCUT2D eigenvalue weighted by Gasteiger charge is -2.09. The number of carbonyl (C=O) groups excluding carboxylic acids is 2. The number of aromatic nitrogens is 3. The highest BCUT2D eigenvalue weighted by Gasteiger charge is 2.17. The summed E-state index contributed by atoms with van der Waals surface area (Å²) in [6, 6.07) is 5.54. The van der Waals surface area contributed by atoms with Crippen LogP contribution in [0.4, 0.5) is 5.95 Å². The molecule has 0 spiro atoms. The van der Waals surface area contributed by atoms with Crippen molar-refractivity contribution < 1.29 is 19.1 Å². The summed E-state index contributed by atoms with van der Waals surface area (Å²) in [5.41, 5.74) is 0.649. The summed E-state index contributed by atoms with van der Waals surface area (Å²) in [6.45, 7) is 4.72. The summed E-state index contributed by atoms with van der Waals surface area (Å²) in [5, 5.41) is 3.06. The maximum absolute atomic E-state index is 12.6. The number of para-hydroxylation sites is 1. The second kappa shape index (κ2) is 8.83. The second-order valence-electron chi connectivity index (χ2n) is 6.55. The third kappa shape index (κ3) is 4.66. The SMILES string of the molecule is COc1cccc2sc(C(=O)Nc3nccn3CCC(=O)OCC(C)C)nc12. The number of hydrogen-bond acceptors (Lipinski definition) is 7. The van der Waals surface area contributed by atoms with Crippen molar-refractivity contribution in [1.82, 2.24) is 14.5 Å². The number of nitrogens with zero attached hydrogens (tertiary/aromatic N) is 3. The summed E-state index contributed by atoms with van der Waals surface area (Å²) in [7, 11) is 1.57. The predicted octanol–water partition coefficient (Wildman–Crippen LogP) is 3.34. The Morgan fingerprint density at radius 1 is 1.32 bits per heavy atom. The maximum atomic E-state index is 12.6. The molecule has 0 unspecified atom stereocenters. The molecule has 3 rings (SSSR count). The smallest absolute Gasteiger partial charge is 0.307 e. The minimum Gasteiger partial charge on any atom is -0.494 e. The van der Waals surface area contributed by atoms with Crippen molar-refractivity contribution in [2.75, 3.05) is 19.0 Å². The fourth-order valence-corrected chi connectivity index (χ4v) is 3.38. The average molecular weight is 402 g/mol. The van der Waals surface area contributed by atoms with Crippen molar-refractivity contribution >= 4 is 39.4 Å². The van der Waals surface area contributed by atoms with Gasteiger partial charge < -0.3 is 14.0 Å². The lowest BCUT2D eigenvalue weighted by atomic mass is 10.2. The minimum atomic E-state index is -0.363. The third-order valence-electron chi connectivity index (χ3n) is 3.87. The van der Waals surface area contributed by atoms with Gasteiger partial charge in [-0.2, -0.15) is 0 Å². The summed E-state index contributed by atoms with van der Waals surface area (Å²) in [4.78, 5) is 32.9. The number of amides is 1. The monoisotopic (exact) mass is 402 g/mol. The first-order valence-corrected chi connectivity index (χ1v) is 9.71. The molecule has 148 valence electrons. The third-order valence-corrected chi connectivity index (χ3v) is 4.89. The fourth-order valence-electron chi connectivity index (χ4n) is 2.50. The van der Waals surface area contributed by atoms with Crippen LogP contribution in [-0.2, 0) is 16.1 Å². The number of nitrogens with one attached hydrogen (secondary N) is 1. The molecule has 0 aliphatic rings. The molecule has 0 saturated carbocycles. The molecule has 0 aliphatic carbocycles. The van der Waals surface area contributed by atoms with E-state index in [2.05, 4.69) is 15.3 Å². The van der Waals surface area contributed by atoms with Gasteiger partial charge in [0.05, 0.1) is 24.8 Å². The summed E-state index contributed by atoms with van der Waals surface area (Å²) in [6.07, 6.45) is 3.47. The summed E-state index contributed by atoms with van der Waals surface area (Å²) >= 11 is 1.28. The number of thiazole rings is 1. The highest BCUT2D eigenvalue weighted by Crippen LogP contribution is 2.29. The van der Waals surface area contributed by atoms with Gasteiger partial charge in [0.2, 0.25) is 5.95 Å². The number of hydrogen-bond donors (Lipinski definition) is 1. The Balaban J connectivity index is 1.65. The number of aryl methyl sites for hydroxylation is 1. The topological polar surface area (TPSA) is 95.3 Å². The minimum absolute atomic E-state index is 0.199. The largest absolute Gasteiger partial charge is 0.494 e. The zero-order valence-corrected chi connectivity index (χ0v) is 16.8. The zero-order chi connectivity index (χ0) is 20.1. The van der Waals surface area contributed by atoms with Gasteiger partial charge in [-0.3, -0.25) is 14.9 Å². The molecule has 0 aliphatic heterocycles. The highest BCUT2D eigenvalue weighted by molar-refractivity contribution is 7.20. The van der Waals surface area contributed by atoms with Gasteiger partial charge >= 0.3 is 5.97 Å². The second-order valence-corrected chi connectivity index (χ2v) is 7.58. The van der Waals surface area contributed by atoms with E-state index in [0.29, 0.717) is 41.3 Å². The van der Waals surface area contributed by atoms with E-state index in [0.717, 1.165) is 4.70 Å². The van der Waals surface area contributed by atoms with Crippen LogP contribution in [0.3, 0.4) is 0 Å². The van der Waals surface area contributed by atoms with E-state index in [9.17, 15) is 9.59 Å². The van der Waals surface area contributed by atoms with Crippen molar-refractivity contribution in [1.29, 1.82) is 0 Å². The van der Waals surface area contributed by atoms with E-state index in [4.69, 9.17) is 9.47 Å². The summed E-state index contributed by atoms with van der Waals surface area (Å²) in [5.74, 6) is 0.623. The molecule has 3 aromatic rings. The fraction of sp³-hybridized carbons (Fsp3) is 0.368. The number of carbonyl (C=O) groups is 2. The van der Waals surface area contributed by atoms with Crippen LogP contribution in [0, 0.1) is 5.92 Å². The van der Waals surface area contributed by atoms with Crippen molar-refractivity contribution in [2.45, 2.75) is 26.8 Å². The van der Waals surface area contributed by atoms with Gasteiger partial charge in [-0.15, -0.1) is 11.3 Å². The van der Waals surface area contributed by atoms with E-state index >= 15 is 0 Å². The Morgan fingerprint density at radius 3 is 2.89 bits per heavy atom. The van der Waals surface area contributed by atoms with Crippen LogP contribution in [0.2, 0.25) is 0 Å². The Hall–Kier alpha value is -2.94. The van der Waals surface area contributed by atoms with Gasteiger partial charge in [0.15, 0.2) is 5.01 Å². The molecule has 28 heavy (non-hydrogen) atoms. The van der Waals surface area contributed by atoms with Gasteiger partial charge in [0.1, 0.15) is 11.3 Å². The van der Waals surface area contributed by atoms with E-state index in [1.54, 1.807) is 30.1 Å². The van der Waals surface area contributed by atoms with Gasteiger partial charge in [-0.25, -0.2) is 9.97 Å². The first-order chi connectivity index (χ1) is 13.5. The lowest BCUT2D eigenvalue weighted by Crippen LogP contribution is -2.17. The Kier molecular flexibility index (Phi) is 6.25. The van der Waals surface area contributed by atoms with Gasteiger partial charge in [0.25, 0.3) is 5.91 Å². The molecule has 0 atom stereocenters. The van der Waals surface area contributed by atoms with E-state index < -0.39 is 0 Å². The Labute approximate surface area is 166 Å². The van der Waals surface area contributed by atoms with Crippen molar-refractivity contribution in [3.63, 3.8) is 0 Å². The zero-order valence-electron chi connectivity index (χ0n) is 16.0. The normalized spacial score (nSPS) is 11.0. The molecular formula is C19H22N4O4S. The van der Waals surface area contributed by atoms with Crippen LogP contribution in [0.15, 0.2) is 30.6 Å². The van der Waals surface area contributed by atoms with Crippen molar-refractivity contribution in [3.05, 3.63) is 35.6 Å². The molecule has 1 amide bonds. The van der Waals surface area contributed by atoms with Gasteiger partial charge in [0, 0.05) is 18.9 Å². The number of fused-ring (bicyclic) bond motifs is 1. The number of anilines is 1. The first-order valence-electron chi connectivity index (χ1n) is 8.89. The number of esters is 1. The van der Waals surface area contributed by atoms with Crippen LogP contribution in [-0.4, -0.2) is 40.1 Å². The molecule has 1 N–H and O–H groups in total. The van der Waals surface area contributed by atoms with E-state index in [1.165, 1.54) is 11.3 Å². The lowest BCUT2D eigenvalue weighted by molar-refractivity contribution is -0.144. The predicted molar refractivity (Wildman–Crippen MR) is 107 cm³/mol. The summed E-state index contributed by atoms with van der Waals surface area (Å²) < 4.78 is 13.0. The van der Waals surface area contributed by atoms with Crippen molar-refractivity contribution in [3.8, 4) is 5.75 Å². The number of methoxy groups -OCH3 is 1. The number of benzene rings is 1. The molecule has 2 aromatic heterocycles. The maximum Gasteiger partial charge on any atom is 0.307 e. The first kappa shape index (κ1) is 19.8. The quantitative estimate of drug-likeness (QED) is 0.581. The van der Waals surface area contributed by atoms with E-state index in [1.807, 2.05) is 26.0 Å². The molecule has 0 fully saturated rings. The standard InChI is InChI=1S/C19H22N4O4S/c1-12(2)11-27-15(24)7-9-23-10-8-20-19(23)22-17(25)18-21-16-13(26-3)5-4-6-14(16)28-18/h4-6,8,10,12H,7,9,11H2,1-3H3,(H,20,22,25). The van der Waals surface area contributed by atoms with E-state index in [-0.39, 0.29) is 18.3 Å². The van der Waals surface area contributed by atoms with Crippen LogP contribution in [0.5, 0.6) is 5.75 Å². The Bertz CT molecular complexity index is 979. The number of imidazole rings is 1. The molecule has 9 heteroatoms. The van der Waals surface area contributed by atoms with Gasteiger partial charge in [-0.1, -0.05) is 19.9 Å². The molecular weight excluding hydrogens is 380 g/mol. The van der Waals surface area contributed by atoms with Crippen LogP contribution in [0.25, 0.3) is 10.2 Å². The molecule has 1 aromatic carbocycles. The average Bonchev–Trinajstić information content (AvgIpc) is 3.30. The molecule has 0 radical (unpaired) electrons. The van der Waals surface area contributed by atoms with Crippen LogP contribution >= 0.6 is 11.3 Å². The molecule has 8 nitrogen and oxygen atoms in total. The van der Waals surface area contributed by atoms with Crippen LogP contribution < -0.4 is 10.1 Å². The van der Waals surface area contributed by atoms with Gasteiger partial charge in [-0.05, 0) is 18.1 Å². The molecule has 2 heterocycles. The highest BCUT2D eigenvalue weighted by atomic mass is 32.1.